The van der Waals surface area contributed by atoms with Crippen molar-refractivity contribution in [1.29, 1.82) is 0 Å². The molecule has 0 aromatic heterocycles. The van der Waals surface area contributed by atoms with Gasteiger partial charge >= 0.3 is 0 Å². The number of aliphatic hydroxyl groups is 1. The molecule has 2 heteroatoms. The third-order valence-electron chi connectivity index (χ3n) is 3.41. The van der Waals surface area contributed by atoms with Crippen LogP contribution < -0.4 is 5.32 Å². The molecule has 1 aliphatic rings. The molecule has 0 aromatic carbocycles. The molecule has 0 saturated heterocycles. The van der Waals surface area contributed by atoms with E-state index in [0.29, 0.717) is 5.41 Å². The maximum atomic E-state index is 9.33. The summed E-state index contributed by atoms with van der Waals surface area (Å²) in [6.45, 7) is 7.80. The van der Waals surface area contributed by atoms with Gasteiger partial charge in [-0.1, -0.05) is 13.8 Å². The van der Waals surface area contributed by atoms with Gasteiger partial charge in [-0.2, -0.15) is 0 Å². The molecule has 1 rings (SSSR count). The normalized spacial score (nSPS) is 25.0. The van der Waals surface area contributed by atoms with Crippen LogP contribution in [0.1, 0.15) is 40.0 Å². The minimum absolute atomic E-state index is 0.0526. The minimum Gasteiger partial charge on any atom is -0.394 e. The Morgan fingerprint density at radius 2 is 2.08 bits per heavy atom. The summed E-state index contributed by atoms with van der Waals surface area (Å²) >= 11 is 0. The average molecular weight is 171 g/mol. The van der Waals surface area contributed by atoms with Crippen molar-refractivity contribution in [2.45, 2.75) is 45.6 Å². The summed E-state index contributed by atoms with van der Waals surface area (Å²) in [6, 6.07) is 0. The number of nitrogens with one attached hydrogen (secondary N) is 1. The summed E-state index contributed by atoms with van der Waals surface area (Å²) in [6.07, 6.45) is 3.63. The second-order valence-electron chi connectivity index (χ2n) is 4.48. The zero-order chi connectivity index (χ0) is 9.24. The lowest BCUT2D eigenvalue weighted by molar-refractivity contribution is 0.113. The van der Waals surface area contributed by atoms with Crippen LogP contribution in [0, 0.1) is 5.41 Å². The van der Waals surface area contributed by atoms with Crippen molar-refractivity contribution in [3.8, 4) is 0 Å². The summed E-state index contributed by atoms with van der Waals surface area (Å²) in [5.74, 6) is 0. The quantitative estimate of drug-likeness (QED) is 0.657. The van der Waals surface area contributed by atoms with Crippen molar-refractivity contribution in [3.05, 3.63) is 0 Å². The molecule has 1 unspecified atom stereocenters. The molecule has 1 aliphatic carbocycles. The molecule has 2 N–H and O–H groups in total. The molecule has 0 amide bonds. The second kappa shape index (κ2) is 3.35. The maximum absolute atomic E-state index is 9.33. The maximum Gasteiger partial charge on any atom is 0.0615 e. The van der Waals surface area contributed by atoms with Crippen LogP contribution in [0.4, 0.5) is 0 Å². The van der Waals surface area contributed by atoms with Gasteiger partial charge in [-0.15, -0.1) is 0 Å². The topological polar surface area (TPSA) is 32.3 Å². The van der Waals surface area contributed by atoms with E-state index in [1.165, 1.54) is 12.8 Å². The first kappa shape index (κ1) is 10.0. The van der Waals surface area contributed by atoms with Gasteiger partial charge in [-0.3, -0.25) is 0 Å². The average Bonchev–Trinajstić information content (AvgIpc) is 2.81. The highest BCUT2D eigenvalue weighted by Gasteiger charge is 2.52. The number of hydrogen-bond acceptors (Lipinski definition) is 2. The molecule has 0 aromatic rings. The summed E-state index contributed by atoms with van der Waals surface area (Å²) in [5, 5.41) is 12.8. The van der Waals surface area contributed by atoms with Crippen LogP contribution in [0.2, 0.25) is 0 Å². The van der Waals surface area contributed by atoms with Crippen molar-refractivity contribution in [2.24, 2.45) is 5.41 Å². The zero-order valence-corrected chi connectivity index (χ0v) is 8.48. The fourth-order valence-corrected chi connectivity index (χ4v) is 1.60. The first-order valence-electron chi connectivity index (χ1n) is 4.94. The Bertz CT molecular complexity index is 154. The molecule has 0 aliphatic heterocycles. The lowest BCUT2D eigenvalue weighted by Crippen LogP contribution is -2.52. The Labute approximate surface area is 75.4 Å². The van der Waals surface area contributed by atoms with Crippen LogP contribution in [0.15, 0.2) is 0 Å². The predicted octanol–water partition coefficient (Wildman–Crippen LogP) is 1.54. The summed E-state index contributed by atoms with van der Waals surface area (Å²) in [5.41, 5.74) is 0.292. The molecule has 12 heavy (non-hydrogen) atoms. The summed E-state index contributed by atoms with van der Waals surface area (Å²) < 4.78 is 0. The Balaban J connectivity index is 2.50. The molecular weight excluding hydrogens is 150 g/mol. The van der Waals surface area contributed by atoms with Gasteiger partial charge in [0.05, 0.1) is 6.61 Å². The van der Waals surface area contributed by atoms with Gasteiger partial charge in [-0.25, -0.2) is 0 Å². The molecule has 1 saturated carbocycles. The van der Waals surface area contributed by atoms with Gasteiger partial charge in [0.25, 0.3) is 0 Å². The zero-order valence-electron chi connectivity index (χ0n) is 8.48. The fraction of sp³-hybridized carbons (Fsp3) is 1.00. The highest BCUT2D eigenvalue weighted by Crippen LogP contribution is 2.53. The highest BCUT2D eigenvalue weighted by molar-refractivity contribution is 5.07. The third-order valence-corrected chi connectivity index (χ3v) is 3.41. The van der Waals surface area contributed by atoms with Crippen molar-refractivity contribution in [2.75, 3.05) is 13.2 Å². The Hall–Kier alpha value is -0.0800. The predicted molar refractivity (Wildman–Crippen MR) is 51.1 cm³/mol. The third kappa shape index (κ3) is 1.64. The first-order chi connectivity index (χ1) is 5.58. The fourth-order valence-electron chi connectivity index (χ4n) is 1.60. The van der Waals surface area contributed by atoms with Gasteiger partial charge < -0.3 is 10.4 Å². The monoisotopic (exact) mass is 171 g/mol. The number of aliphatic hydroxyl groups excluding tert-OH is 1. The van der Waals surface area contributed by atoms with E-state index in [2.05, 4.69) is 26.1 Å². The van der Waals surface area contributed by atoms with E-state index in [-0.39, 0.29) is 12.1 Å². The van der Waals surface area contributed by atoms with Gasteiger partial charge in [0.1, 0.15) is 0 Å². The van der Waals surface area contributed by atoms with E-state index in [9.17, 15) is 5.11 Å². The Morgan fingerprint density at radius 3 is 2.42 bits per heavy atom. The number of hydrogen-bond donors (Lipinski definition) is 2. The molecule has 0 bridgehead atoms. The van der Waals surface area contributed by atoms with E-state index >= 15 is 0 Å². The van der Waals surface area contributed by atoms with Crippen molar-refractivity contribution < 1.29 is 5.11 Å². The van der Waals surface area contributed by atoms with Crippen LogP contribution in [-0.2, 0) is 0 Å². The van der Waals surface area contributed by atoms with Gasteiger partial charge in [0.2, 0.25) is 0 Å². The van der Waals surface area contributed by atoms with E-state index in [1.807, 2.05) is 0 Å². The molecule has 1 atom stereocenters. The molecule has 1 fully saturated rings. The van der Waals surface area contributed by atoms with Crippen LogP contribution in [0.25, 0.3) is 0 Å². The Morgan fingerprint density at radius 1 is 1.50 bits per heavy atom. The van der Waals surface area contributed by atoms with E-state index in [0.717, 1.165) is 13.0 Å². The molecular formula is C10H21NO. The standard InChI is InChI=1S/C10H21NO/c1-4-7-11-10(3,8-12)9(2)5-6-9/h11-12H,4-8H2,1-3H3. The molecule has 0 radical (unpaired) electrons. The van der Waals surface area contributed by atoms with E-state index in [1.54, 1.807) is 0 Å². The van der Waals surface area contributed by atoms with Crippen LogP contribution in [0.3, 0.4) is 0 Å². The number of rotatable bonds is 5. The largest absolute Gasteiger partial charge is 0.394 e. The SMILES string of the molecule is CCCNC(C)(CO)C1(C)CC1. The molecule has 2 nitrogen and oxygen atoms in total. The molecule has 72 valence electrons. The van der Waals surface area contributed by atoms with Crippen LogP contribution >= 0.6 is 0 Å². The van der Waals surface area contributed by atoms with E-state index in [4.69, 9.17) is 0 Å². The lowest BCUT2D eigenvalue weighted by atomic mass is 9.84. The van der Waals surface area contributed by atoms with E-state index < -0.39 is 0 Å². The molecule has 0 heterocycles. The minimum atomic E-state index is -0.0526. The van der Waals surface area contributed by atoms with Crippen molar-refractivity contribution >= 4 is 0 Å². The van der Waals surface area contributed by atoms with Crippen molar-refractivity contribution in [3.63, 3.8) is 0 Å². The second-order valence-corrected chi connectivity index (χ2v) is 4.48. The lowest BCUT2D eigenvalue weighted by Gasteiger charge is -2.35. The van der Waals surface area contributed by atoms with Crippen LogP contribution in [-0.4, -0.2) is 23.8 Å². The van der Waals surface area contributed by atoms with Crippen molar-refractivity contribution in [1.82, 2.24) is 5.32 Å². The summed E-state index contributed by atoms with van der Waals surface area (Å²) in [4.78, 5) is 0. The van der Waals surface area contributed by atoms with Gasteiger partial charge in [0, 0.05) is 5.54 Å². The van der Waals surface area contributed by atoms with Gasteiger partial charge in [0.15, 0.2) is 0 Å². The smallest absolute Gasteiger partial charge is 0.0615 e. The summed E-state index contributed by atoms with van der Waals surface area (Å²) in [7, 11) is 0. The van der Waals surface area contributed by atoms with Gasteiger partial charge in [-0.05, 0) is 38.1 Å². The molecule has 0 spiro atoms. The Kier molecular flexibility index (Phi) is 2.79. The highest BCUT2D eigenvalue weighted by atomic mass is 16.3. The first-order valence-corrected chi connectivity index (χ1v) is 4.94. The van der Waals surface area contributed by atoms with Crippen LogP contribution in [0.5, 0.6) is 0 Å².